The third kappa shape index (κ3) is 3.37. The molecule has 0 aliphatic heterocycles. The monoisotopic (exact) mass is 210 g/mol. The van der Waals surface area contributed by atoms with Crippen molar-refractivity contribution in [3.8, 4) is 0 Å². The number of rotatable bonds is 3. The van der Waals surface area contributed by atoms with E-state index in [9.17, 15) is 4.79 Å². The van der Waals surface area contributed by atoms with Gasteiger partial charge in [0.2, 0.25) is 0 Å². The highest BCUT2D eigenvalue weighted by Crippen LogP contribution is 2.36. The summed E-state index contributed by atoms with van der Waals surface area (Å²) in [7, 11) is 0. The summed E-state index contributed by atoms with van der Waals surface area (Å²) in [4.78, 5) is 11.4. The van der Waals surface area contributed by atoms with Gasteiger partial charge >= 0.3 is 5.97 Å². The molecule has 1 rings (SSSR count). The van der Waals surface area contributed by atoms with E-state index in [1.807, 2.05) is 6.92 Å². The van der Waals surface area contributed by atoms with Crippen LogP contribution in [0.1, 0.15) is 52.9 Å². The Morgan fingerprint density at radius 1 is 1.47 bits per heavy atom. The molecule has 0 aromatic rings. The third-order valence-electron chi connectivity index (χ3n) is 3.43. The molecule has 0 radical (unpaired) electrons. The van der Waals surface area contributed by atoms with E-state index in [0.717, 1.165) is 18.8 Å². The van der Waals surface area contributed by atoms with E-state index in [2.05, 4.69) is 13.5 Å². The zero-order valence-electron chi connectivity index (χ0n) is 10.1. The Balaban J connectivity index is 2.48. The minimum Gasteiger partial charge on any atom is -0.456 e. The van der Waals surface area contributed by atoms with Crippen LogP contribution in [0.4, 0.5) is 0 Å². The van der Waals surface area contributed by atoms with Crippen LogP contribution in [0.5, 0.6) is 0 Å². The lowest BCUT2D eigenvalue weighted by Crippen LogP contribution is -2.36. The molecular formula is C13H22O2. The Kier molecular flexibility index (Phi) is 3.95. The Hall–Kier alpha value is -0.790. The van der Waals surface area contributed by atoms with Crippen molar-refractivity contribution in [2.75, 3.05) is 0 Å². The van der Waals surface area contributed by atoms with Crippen molar-refractivity contribution >= 4 is 5.97 Å². The maximum atomic E-state index is 11.4. The first kappa shape index (κ1) is 12.3. The van der Waals surface area contributed by atoms with Crippen LogP contribution in [0.3, 0.4) is 0 Å². The van der Waals surface area contributed by atoms with Crippen LogP contribution >= 0.6 is 0 Å². The normalized spacial score (nSPS) is 31.0. The average Bonchev–Trinajstić information content (AvgIpc) is 2.18. The predicted molar refractivity (Wildman–Crippen MR) is 61.6 cm³/mol. The molecule has 0 unspecified atom stereocenters. The number of hydrogen-bond acceptors (Lipinski definition) is 2. The molecule has 1 saturated carbocycles. The van der Waals surface area contributed by atoms with Crippen molar-refractivity contribution in [2.45, 2.75) is 58.5 Å². The maximum absolute atomic E-state index is 11.4. The molecule has 86 valence electrons. The molecule has 0 bridgehead atoms. The van der Waals surface area contributed by atoms with Gasteiger partial charge in [-0.2, -0.15) is 0 Å². The van der Waals surface area contributed by atoms with Gasteiger partial charge in [-0.15, -0.1) is 0 Å². The number of esters is 1. The number of hydrogen-bond donors (Lipinski definition) is 0. The van der Waals surface area contributed by atoms with Gasteiger partial charge in [0.1, 0.15) is 5.60 Å². The lowest BCUT2D eigenvalue weighted by Gasteiger charge is -2.36. The molecule has 2 heteroatoms. The first-order valence-corrected chi connectivity index (χ1v) is 5.85. The number of carbonyl (C=O) groups excluding carboxylic acids is 1. The van der Waals surface area contributed by atoms with Crippen molar-refractivity contribution in [3.63, 3.8) is 0 Å². The topological polar surface area (TPSA) is 26.3 Å². The summed E-state index contributed by atoms with van der Waals surface area (Å²) in [6.07, 6.45) is 5.58. The molecule has 0 N–H and O–H groups in total. The van der Waals surface area contributed by atoms with Gasteiger partial charge in [0.15, 0.2) is 0 Å². The fraction of sp³-hybridized carbons (Fsp3) is 0.769. The molecule has 0 atom stereocenters. The van der Waals surface area contributed by atoms with Gasteiger partial charge in [-0.3, -0.25) is 0 Å². The largest absolute Gasteiger partial charge is 0.456 e. The van der Waals surface area contributed by atoms with Crippen molar-refractivity contribution in [3.05, 3.63) is 12.2 Å². The molecule has 0 amide bonds. The molecule has 2 nitrogen and oxygen atoms in total. The van der Waals surface area contributed by atoms with E-state index in [4.69, 9.17) is 4.74 Å². The van der Waals surface area contributed by atoms with Crippen LogP contribution in [-0.2, 0) is 9.53 Å². The Labute approximate surface area is 92.7 Å². The van der Waals surface area contributed by atoms with Gasteiger partial charge in [0.05, 0.1) is 0 Å². The van der Waals surface area contributed by atoms with E-state index in [-0.39, 0.29) is 11.6 Å². The Morgan fingerprint density at radius 3 is 2.40 bits per heavy atom. The van der Waals surface area contributed by atoms with Gasteiger partial charge in [-0.05, 0) is 45.4 Å². The summed E-state index contributed by atoms with van der Waals surface area (Å²) in [5.41, 5.74) is 0.246. The van der Waals surface area contributed by atoms with Gasteiger partial charge in [0, 0.05) is 5.57 Å². The summed E-state index contributed by atoms with van der Waals surface area (Å²) in [6.45, 7) is 9.58. The van der Waals surface area contributed by atoms with Crippen molar-refractivity contribution in [1.29, 1.82) is 0 Å². The minimum absolute atomic E-state index is 0.243. The molecule has 0 aromatic heterocycles. The highest BCUT2D eigenvalue weighted by Gasteiger charge is 2.33. The first-order valence-electron chi connectivity index (χ1n) is 5.85. The molecule has 0 spiro atoms. The lowest BCUT2D eigenvalue weighted by molar-refractivity contribution is -0.157. The van der Waals surface area contributed by atoms with E-state index in [1.165, 1.54) is 19.3 Å². The van der Waals surface area contributed by atoms with Gasteiger partial charge < -0.3 is 4.74 Å². The van der Waals surface area contributed by atoms with Crippen molar-refractivity contribution in [2.24, 2.45) is 5.92 Å². The van der Waals surface area contributed by atoms with Gasteiger partial charge in [0.25, 0.3) is 0 Å². The smallest absolute Gasteiger partial charge is 0.333 e. The average molecular weight is 210 g/mol. The molecule has 1 aliphatic carbocycles. The second kappa shape index (κ2) is 4.82. The molecule has 0 aromatic carbocycles. The number of ether oxygens (including phenoxy) is 1. The molecule has 1 fully saturated rings. The quantitative estimate of drug-likeness (QED) is 0.526. The fourth-order valence-corrected chi connectivity index (χ4v) is 2.11. The van der Waals surface area contributed by atoms with E-state index in [1.54, 1.807) is 6.92 Å². The minimum atomic E-state index is -0.248. The molecular weight excluding hydrogens is 188 g/mol. The second-order valence-corrected chi connectivity index (χ2v) is 4.97. The van der Waals surface area contributed by atoms with Crippen LogP contribution in [0, 0.1) is 5.92 Å². The van der Waals surface area contributed by atoms with Crippen LogP contribution in [0.15, 0.2) is 12.2 Å². The van der Waals surface area contributed by atoms with Crippen LogP contribution < -0.4 is 0 Å². The number of carbonyl (C=O) groups is 1. The fourth-order valence-electron chi connectivity index (χ4n) is 2.11. The molecule has 15 heavy (non-hydrogen) atoms. The SMILES string of the molecule is C=C(C)C(=O)OC1(C)CCC(CC)CC1. The Morgan fingerprint density at radius 2 is 2.00 bits per heavy atom. The maximum Gasteiger partial charge on any atom is 0.333 e. The summed E-state index contributed by atoms with van der Waals surface area (Å²) in [6, 6.07) is 0. The Bertz CT molecular complexity index is 247. The standard InChI is InChI=1S/C13H22O2/c1-5-11-6-8-13(4,9-7-11)15-12(14)10(2)3/h11H,2,5-9H2,1,3-4H3. The van der Waals surface area contributed by atoms with Crippen LogP contribution in [0.25, 0.3) is 0 Å². The molecule has 0 saturated heterocycles. The van der Waals surface area contributed by atoms with Crippen molar-refractivity contribution in [1.82, 2.24) is 0 Å². The third-order valence-corrected chi connectivity index (χ3v) is 3.43. The highest BCUT2D eigenvalue weighted by molar-refractivity contribution is 5.87. The zero-order valence-corrected chi connectivity index (χ0v) is 10.1. The zero-order chi connectivity index (χ0) is 11.5. The van der Waals surface area contributed by atoms with E-state index in [0.29, 0.717) is 5.57 Å². The predicted octanol–water partition coefficient (Wildman–Crippen LogP) is 3.46. The van der Waals surface area contributed by atoms with Crippen molar-refractivity contribution < 1.29 is 9.53 Å². The van der Waals surface area contributed by atoms with E-state index < -0.39 is 0 Å². The van der Waals surface area contributed by atoms with E-state index >= 15 is 0 Å². The molecule has 0 heterocycles. The highest BCUT2D eigenvalue weighted by atomic mass is 16.6. The summed E-state index contributed by atoms with van der Waals surface area (Å²) < 4.78 is 5.49. The van der Waals surface area contributed by atoms with Crippen LogP contribution in [0.2, 0.25) is 0 Å². The summed E-state index contributed by atoms with van der Waals surface area (Å²) in [5.74, 6) is 0.578. The summed E-state index contributed by atoms with van der Waals surface area (Å²) in [5, 5.41) is 0. The summed E-state index contributed by atoms with van der Waals surface area (Å²) >= 11 is 0. The van der Waals surface area contributed by atoms with Gasteiger partial charge in [-0.1, -0.05) is 19.9 Å². The molecule has 1 aliphatic rings. The second-order valence-electron chi connectivity index (χ2n) is 4.97. The lowest BCUT2D eigenvalue weighted by atomic mass is 9.79. The first-order chi connectivity index (χ1) is 6.97. The van der Waals surface area contributed by atoms with Crippen LogP contribution in [-0.4, -0.2) is 11.6 Å². The van der Waals surface area contributed by atoms with Gasteiger partial charge in [-0.25, -0.2) is 4.79 Å².